The van der Waals surface area contributed by atoms with Crippen molar-refractivity contribution in [3.05, 3.63) is 48.5 Å². The quantitative estimate of drug-likeness (QED) is 0.400. The molecule has 4 aromatic heterocycles. The van der Waals surface area contributed by atoms with Crippen LogP contribution in [0.3, 0.4) is 0 Å². The predicted molar refractivity (Wildman–Crippen MR) is 133 cm³/mol. The molecule has 176 valence electrons. The molecule has 0 spiro atoms. The number of nitrogens with one attached hydrogen (secondary N) is 2. The zero-order chi connectivity index (χ0) is 21.6. The van der Waals surface area contributed by atoms with Crippen molar-refractivity contribution in [2.24, 2.45) is 0 Å². The van der Waals surface area contributed by atoms with Gasteiger partial charge in [-0.3, -0.25) is 14.3 Å². The summed E-state index contributed by atoms with van der Waals surface area (Å²) in [5.74, 6) is -0.151. The molecule has 4 aromatic rings. The van der Waals surface area contributed by atoms with Crippen molar-refractivity contribution in [3.63, 3.8) is 0 Å². The molecule has 2 N–H and O–H groups in total. The van der Waals surface area contributed by atoms with Crippen molar-refractivity contribution in [2.75, 3.05) is 6.26 Å². The number of carbonyl (C=O) groups excluding carboxylic acids is 1. The average molecular weight is 528 g/mol. The number of fused-ring (bicyclic) bond motifs is 1. The van der Waals surface area contributed by atoms with E-state index in [9.17, 15) is 13.2 Å². The Morgan fingerprint density at radius 2 is 1.91 bits per heavy atom. The molecule has 1 aliphatic carbocycles. The van der Waals surface area contributed by atoms with E-state index < -0.39 is 9.84 Å². The van der Waals surface area contributed by atoms with Crippen LogP contribution in [-0.2, 0) is 9.84 Å². The number of aromatic nitrogens is 4. The van der Waals surface area contributed by atoms with Crippen molar-refractivity contribution in [1.82, 2.24) is 24.9 Å². The summed E-state index contributed by atoms with van der Waals surface area (Å²) in [6.07, 6.45) is 10.8. The topological polar surface area (TPSA) is 109 Å². The normalized spacial score (nSPS) is 14.1. The smallest absolute Gasteiger partial charge is 0.270 e. The Morgan fingerprint density at radius 1 is 1.15 bits per heavy atom. The highest BCUT2D eigenvalue weighted by Crippen LogP contribution is 2.32. The monoisotopic (exact) mass is 527 g/mol. The molecule has 1 fully saturated rings. The standard InChI is InChI=1S/C21H21N5O3S2.2ClH/c1-31(28,29)19-9-7-17(30-19)16-11-22-18-8-6-13(12-26(16)18)15-10-23-25-20(15)21(27)24-14-4-2-3-5-14;;/h6-12,14H,2-5H2,1H3,(H,23,25)(H,24,27);2*1H. The summed E-state index contributed by atoms with van der Waals surface area (Å²) >= 11 is 1.21. The lowest BCUT2D eigenvalue weighted by Gasteiger charge is -2.12. The Hall–Kier alpha value is -2.40. The molecular weight excluding hydrogens is 505 g/mol. The zero-order valence-electron chi connectivity index (χ0n) is 17.6. The van der Waals surface area contributed by atoms with Crippen molar-refractivity contribution in [2.45, 2.75) is 35.9 Å². The molecule has 12 heteroatoms. The second-order valence-corrected chi connectivity index (χ2v) is 11.1. The molecule has 1 saturated carbocycles. The fraction of sp³-hybridized carbons (Fsp3) is 0.286. The molecule has 8 nitrogen and oxygen atoms in total. The lowest BCUT2D eigenvalue weighted by Crippen LogP contribution is -2.33. The fourth-order valence-electron chi connectivity index (χ4n) is 3.99. The number of pyridine rings is 1. The van der Waals surface area contributed by atoms with Crippen LogP contribution in [0.5, 0.6) is 0 Å². The number of hydrogen-bond donors (Lipinski definition) is 2. The Balaban J connectivity index is 0.00000153. The van der Waals surface area contributed by atoms with Crippen molar-refractivity contribution >= 4 is 57.5 Å². The number of amides is 1. The number of rotatable bonds is 5. The van der Waals surface area contributed by atoms with Gasteiger partial charge in [0.15, 0.2) is 9.84 Å². The minimum atomic E-state index is -3.26. The van der Waals surface area contributed by atoms with Crippen LogP contribution in [0.25, 0.3) is 27.3 Å². The van der Waals surface area contributed by atoms with Gasteiger partial charge in [-0.15, -0.1) is 36.2 Å². The summed E-state index contributed by atoms with van der Waals surface area (Å²) in [6.45, 7) is 0. The number of halogens is 2. The molecule has 0 aromatic carbocycles. The van der Waals surface area contributed by atoms with Gasteiger partial charge >= 0.3 is 0 Å². The van der Waals surface area contributed by atoms with Gasteiger partial charge in [0.2, 0.25) is 0 Å². The Morgan fingerprint density at radius 3 is 2.61 bits per heavy atom. The van der Waals surface area contributed by atoms with Gasteiger partial charge in [0.05, 0.1) is 23.0 Å². The second-order valence-electron chi connectivity index (χ2n) is 7.79. The van der Waals surface area contributed by atoms with Crippen LogP contribution in [0, 0.1) is 0 Å². The van der Waals surface area contributed by atoms with E-state index in [2.05, 4.69) is 20.5 Å². The molecule has 1 aliphatic rings. The summed E-state index contributed by atoms with van der Waals surface area (Å²) in [5, 5.41) is 10.0. The molecule has 33 heavy (non-hydrogen) atoms. The molecule has 0 unspecified atom stereocenters. The third-order valence-electron chi connectivity index (χ3n) is 5.57. The van der Waals surface area contributed by atoms with E-state index in [1.54, 1.807) is 24.5 Å². The predicted octanol–water partition coefficient (Wildman–Crippen LogP) is 4.37. The maximum Gasteiger partial charge on any atom is 0.270 e. The van der Waals surface area contributed by atoms with Gasteiger partial charge in [-0.2, -0.15) is 5.10 Å². The molecule has 0 radical (unpaired) electrons. The molecule has 0 aliphatic heterocycles. The van der Waals surface area contributed by atoms with Crippen LogP contribution in [-0.4, -0.2) is 46.2 Å². The average Bonchev–Trinajstić information content (AvgIpc) is 3.52. The van der Waals surface area contributed by atoms with Gasteiger partial charge < -0.3 is 5.32 Å². The van der Waals surface area contributed by atoms with Crippen molar-refractivity contribution < 1.29 is 13.2 Å². The van der Waals surface area contributed by atoms with Gasteiger partial charge in [-0.1, -0.05) is 12.8 Å². The minimum Gasteiger partial charge on any atom is -0.348 e. The maximum absolute atomic E-state index is 12.8. The van der Waals surface area contributed by atoms with Crippen LogP contribution >= 0.6 is 36.2 Å². The number of nitrogens with zero attached hydrogens (tertiary/aromatic N) is 3. The van der Waals surface area contributed by atoms with Crippen LogP contribution in [0.2, 0.25) is 0 Å². The first-order valence-electron chi connectivity index (χ1n) is 10.0. The van der Waals surface area contributed by atoms with Gasteiger partial charge in [-0.05, 0) is 37.1 Å². The third-order valence-corrected chi connectivity index (χ3v) is 8.50. The van der Waals surface area contributed by atoms with Crippen LogP contribution in [0.4, 0.5) is 0 Å². The summed E-state index contributed by atoms with van der Waals surface area (Å²) < 4.78 is 25.9. The zero-order valence-corrected chi connectivity index (χ0v) is 20.9. The maximum atomic E-state index is 12.8. The van der Waals surface area contributed by atoms with E-state index in [-0.39, 0.29) is 36.8 Å². The molecule has 5 rings (SSSR count). The van der Waals surface area contributed by atoms with Gasteiger partial charge in [-0.25, -0.2) is 13.4 Å². The summed E-state index contributed by atoms with van der Waals surface area (Å²) in [4.78, 5) is 18.0. The molecular formula is C21H23Cl2N5O3S2. The Bertz CT molecular complexity index is 1390. The highest BCUT2D eigenvalue weighted by atomic mass is 35.5. The Kier molecular flexibility index (Phi) is 7.52. The fourth-order valence-corrected chi connectivity index (χ4v) is 5.92. The summed E-state index contributed by atoms with van der Waals surface area (Å²) in [5.41, 5.74) is 3.48. The molecule has 0 atom stereocenters. The van der Waals surface area contributed by atoms with E-state index in [4.69, 9.17) is 0 Å². The lowest BCUT2D eigenvalue weighted by molar-refractivity contribution is 0.0933. The van der Waals surface area contributed by atoms with E-state index in [1.165, 1.54) is 17.6 Å². The van der Waals surface area contributed by atoms with E-state index in [0.29, 0.717) is 15.5 Å². The number of thiophene rings is 1. The second kappa shape index (κ2) is 9.84. The van der Waals surface area contributed by atoms with E-state index in [1.807, 2.05) is 22.7 Å². The number of imidazole rings is 1. The first kappa shape index (κ1) is 25.2. The third kappa shape index (κ3) is 4.93. The highest BCUT2D eigenvalue weighted by Gasteiger charge is 2.22. The summed E-state index contributed by atoms with van der Waals surface area (Å²) in [7, 11) is -3.26. The van der Waals surface area contributed by atoms with E-state index in [0.717, 1.165) is 47.5 Å². The van der Waals surface area contributed by atoms with Gasteiger partial charge in [0, 0.05) is 29.6 Å². The lowest BCUT2D eigenvalue weighted by atomic mass is 10.1. The van der Waals surface area contributed by atoms with Gasteiger partial charge in [0.25, 0.3) is 5.91 Å². The molecule has 4 heterocycles. The number of aromatic amines is 1. The SMILES string of the molecule is CS(=O)(=O)c1ccc(-c2cnc3ccc(-c4cn[nH]c4C(=O)NC4CCCC4)cn23)s1.Cl.Cl. The largest absolute Gasteiger partial charge is 0.348 e. The number of H-pyrrole nitrogens is 1. The van der Waals surface area contributed by atoms with E-state index >= 15 is 0 Å². The van der Waals surface area contributed by atoms with Gasteiger partial charge in [0.1, 0.15) is 15.6 Å². The number of sulfone groups is 1. The Labute approximate surface area is 207 Å². The number of hydrogen-bond acceptors (Lipinski definition) is 6. The molecule has 1 amide bonds. The first-order chi connectivity index (χ1) is 14.9. The summed E-state index contributed by atoms with van der Waals surface area (Å²) in [6, 6.07) is 7.39. The van der Waals surface area contributed by atoms with Crippen LogP contribution in [0.1, 0.15) is 36.2 Å². The molecule has 0 bridgehead atoms. The highest BCUT2D eigenvalue weighted by molar-refractivity contribution is 7.92. The minimum absolute atomic E-state index is 0. The number of carbonyl (C=O) groups is 1. The first-order valence-corrected chi connectivity index (χ1v) is 12.7. The van der Waals surface area contributed by atoms with Crippen molar-refractivity contribution in [1.29, 1.82) is 0 Å². The van der Waals surface area contributed by atoms with Crippen LogP contribution in [0.15, 0.2) is 47.1 Å². The molecule has 0 saturated heterocycles. The van der Waals surface area contributed by atoms with Crippen molar-refractivity contribution in [3.8, 4) is 21.7 Å². The van der Waals surface area contributed by atoms with Crippen LogP contribution < -0.4 is 5.32 Å².